The molecule has 0 fully saturated rings. The van der Waals surface area contributed by atoms with E-state index in [4.69, 9.17) is 6.42 Å². The molecular weight excluding hydrogens is 268 g/mol. The molecule has 0 saturated carbocycles. The number of anilines is 1. The van der Waals surface area contributed by atoms with Gasteiger partial charge in [-0.15, -0.1) is 18.2 Å². The lowest BCUT2D eigenvalue weighted by molar-refractivity contribution is 0.588. The zero-order chi connectivity index (χ0) is 13.4. The molecule has 1 aromatic rings. The number of terminal acetylenes is 1. The minimum Gasteiger partial charge on any atom is -0.383 e. The van der Waals surface area contributed by atoms with E-state index in [1.807, 2.05) is 0 Å². The van der Waals surface area contributed by atoms with Gasteiger partial charge in [0.1, 0.15) is 4.90 Å². The van der Waals surface area contributed by atoms with Gasteiger partial charge in [-0.2, -0.15) is 0 Å². The van der Waals surface area contributed by atoms with E-state index in [-0.39, 0.29) is 4.90 Å². The summed E-state index contributed by atoms with van der Waals surface area (Å²) < 4.78 is 25.9. The van der Waals surface area contributed by atoms with Crippen LogP contribution in [-0.4, -0.2) is 33.5 Å². The molecule has 0 aliphatic carbocycles. The summed E-state index contributed by atoms with van der Waals surface area (Å²) in [4.78, 5) is 0.259. The molecule has 0 saturated heterocycles. The predicted molar refractivity (Wildman–Crippen MR) is 77.3 cm³/mol. The van der Waals surface area contributed by atoms with Crippen LogP contribution in [0.2, 0.25) is 0 Å². The lowest BCUT2D eigenvalue weighted by Gasteiger charge is -2.11. The van der Waals surface area contributed by atoms with E-state index in [0.717, 1.165) is 5.75 Å². The number of sulfonamides is 1. The average molecular weight is 284 g/mol. The largest absolute Gasteiger partial charge is 0.383 e. The highest BCUT2D eigenvalue weighted by atomic mass is 32.2. The maximum atomic E-state index is 11.8. The third-order valence-electron chi connectivity index (χ3n) is 2.19. The number of nitrogens with one attached hydrogen (secondary N) is 2. The van der Waals surface area contributed by atoms with Crippen LogP contribution in [-0.2, 0) is 10.0 Å². The van der Waals surface area contributed by atoms with Gasteiger partial charge in [-0.05, 0) is 19.2 Å². The predicted octanol–water partition coefficient (Wildman–Crippen LogP) is 1.37. The molecule has 1 aromatic carbocycles. The molecule has 0 heterocycles. The first-order chi connectivity index (χ1) is 8.61. The number of rotatable bonds is 7. The molecule has 1 rings (SSSR count). The maximum Gasteiger partial charge on any atom is 0.242 e. The quantitative estimate of drug-likeness (QED) is 0.586. The highest BCUT2D eigenvalue weighted by molar-refractivity contribution is 7.99. The van der Waals surface area contributed by atoms with Crippen molar-refractivity contribution in [1.82, 2.24) is 4.72 Å². The van der Waals surface area contributed by atoms with Crippen molar-refractivity contribution in [2.45, 2.75) is 4.90 Å². The number of para-hydroxylation sites is 1. The van der Waals surface area contributed by atoms with Gasteiger partial charge in [0.05, 0.1) is 11.4 Å². The summed E-state index contributed by atoms with van der Waals surface area (Å²) in [6.07, 6.45) is 5.14. The summed E-state index contributed by atoms with van der Waals surface area (Å²) >= 11 is 1.63. The molecule has 0 spiro atoms. The Morgan fingerprint density at radius 1 is 1.39 bits per heavy atom. The van der Waals surface area contributed by atoms with E-state index in [1.54, 1.807) is 36.0 Å². The summed E-state index contributed by atoms with van der Waals surface area (Å²) in [5, 5.41) is 3.10. The second-order valence-electron chi connectivity index (χ2n) is 3.39. The van der Waals surface area contributed by atoms with Crippen LogP contribution in [0.1, 0.15) is 0 Å². The second-order valence-corrected chi connectivity index (χ2v) is 6.35. The van der Waals surface area contributed by atoms with Crippen molar-refractivity contribution in [2.75, 3.05) is 30.4 Å². The smallest absolute Gasteiger partial charge is 0.242 e. The molecule has 0 aliphatic rings. The first-order valence-corrected chi connectivity index (χ1v) is 8.03. The van der Waals surface area contributed by atoms with Crippen LogP contribution in [0.3, 0.4) is 0 Å². The Morgan fingerprint density at radius 2 is 2.11 bits per heavy atom. The fourth-order valence-electron chi connectivity index (χ4n) is 1.35. The summed E-state index contributed by atoms with van der Waals surface area (Å²) in [7, 11) is -2.03. The second kappa shape index (κ2) is 7.31. The molecular formula is C12H16N2O2S2. The molecule has 0 atom stereocenters. The maximum absolute atomic E-state index is 11.8. The van der Waals surface area contributed by atoms with E-state index < -0.39 is 10.0 Å². The molecule has 0 bridgehead atoms. The van der Waals surface area contributed by atoms with E-state index >= 15 is 0 Å². The third-order valence-corrected chi connectivity index (χ3v) is 4.53. The number of benzene rings is 1. The molecule has 0 unspecified atom stereocenters. The van der Waals surface area contributed by atoms with E-state index in [1.165, 1.54) is 7.05 Å². The van der Waals surface area contributed by atoms with Gasteiger partial charge in [0, 0.05) is 12.3 Å². The molecule has 4 nitrogen and oxygen atoms in total. The van der Waals surface area contributed by atoms with Crippen molar-refractivity contribution in [3.63, 3.8) is 0 Å². The first kappa shape index (κ1) is 14.9. The summed E-state index contributed by atoms with van der Waals surface area (Å²) in [5.74, 6) is 4.04. The third kappa shape index (κ3) is 4.26. The van der Waals surface area contributed by atoms with Crippen molar-refractivity contribution >= 4 is 27.5 Å². The standard InChI is InChI=1S/C12H16N2O2S2/c1-3-9-17-10-8-14-11-6-4-5-7-12(11)18(15,16)13-2/h1,4-7,13-14H,8-10H2,2H3. The molecule has 0 aromatic heterocycles. The van der Waals surface area contributed by atoms with E-state index in [0.29, 0.717) is 18.0 Å². The highest BCUT2D eigenvalue weighted by Gasteiger charge is 2.15. The van der Waals surface area contributed by atoms with Gasteiger partial charge in [0.2, 0.25) is 10.0 Å². The molecule has 6 heteroatoms. The molecule has 0 amide bonds. The van der Waals surface area contributed by atoms with Gasteiger partial charge >= 0.3 is 0 Å². The van der Waals surface area contributed by atoms with Gasteiger partial charge in [-0.3, -0.25) is 0 Å². The highest BCUT2D eigenvalue weighted by Crippen LogP contribution is 2.20. The van der Waals surface area contributed by atoms with Gasteiger partial charge in [0.15, 0.2) is 0 Å². The van der Waals surface area contributed by atoms with Crippen LogP contribution >= 0.6 is 11.8 Å². The van der Waals surface area contributed by atoms with Gasteiger partial charge < -0.3 is 5.32 Å². The van der Waals surface area contributed by atoms with E-state index in [9.17, 15) is 8.42 Å². The Balaban J connectivity index is 2.69. The fourth-order valence-corrected chi connectivity index (χ4v) is 2.76. The van der Waals surface area contributed by atoms with Crippen molar-refractivity contribution in [2.24, 2.45) is 0 Å². The van der Waals surface area contributed by atoms with Gasteiger partial charge in [0.25, 0.3) is 0 Å². The molecule has 18 heavy (non-hydrogen) atoms. The van der Waals surface area contributed by atoms with Crippen LogP contribution in [0.4, 0.5) is 5.69 Å². The van der Waals surface area contributed by atoms with Crippen LogP contribution < -0.4 is 10.0 Å². The molecule has 0 aliphatic heterocycles. The Hall–Kier alpha value is -1.16. The monoisotopic (exact) mass is 284 g/mol. The summed E-state index contributed by atoms with van der Waals surface area (Å²) in [6, 6.07) is 6.81. The van der Waals surface area contributed by atoms with Crippen LogP contribution in [0, 0.1) is 12.3 Å². The summed E-state index contributed by atoms with van der Waals surface area (Å²) in [5.41, 5.74) is 0.605. The van der Waals surface area contributed by atoms with Crippen molar-refractivity contribution in [3.05, 3.63) is 24.3 Å². The minimum absolute atomic E-state index is 0.259. The molecule has 0 radical (unpaired) electrons. The zero-order valence-electron chi connectivity index (χ0n) is 10.1. The van der Waals surface area contributed by atoms with Crippen LogP contribution in [0.5, 0.6) is 0 Å². The fraction of sp³-hybridized carbons (Fsp3) is 0.333. The SMILES string of the molecule is C#CCSCCNc1ccccc1S(=O)(=O)NC. The number of thioether (sulfide) groups is 1. The van der Waals surface area contributed by atoms with Crippen molar-refractivity contribution < 1.29 is 8.42 Å². The average Bonchev–Trinajstić information content (AvgIpc) is 2.39. The Labute approximate surface area is 113 Å². The Bertz CT molecular complexity index is 521. The lowest BCUT2D eigenvalue weighted by Crippen LogP contribution is -2.20. The lowest BCUT2D eigenvalue weighted by atomic mass is 10.3. The van der Waals surface area contributed by atoms with Crippen LogP contribution in [0.25, 0.3) is 0 Å². The van der Waals surface area contributed by atoms with Gasteiger partial charge in [-0.1, -0.05) is 18.1 Å². The number of hydrogen-bond acceptors (Lipinski definition) is 4. The van der Waals surface area contributed by atoms with Gasteiger partial charge in [-0.25, -0.2) is 13.1 Å². The minimum atomic E-state index is -3.43. The Kier molecular flexibility index (Phi) is 6.05. The van der Waals surface area contributed by atoms with Crippen molar-refractivity contribution in [1.29, 1.82) is 0 Å². The van der Waals surface area contributed by atoms with E-state index in [2.05, 4.69) is 16.0 Å². The Morgan fingerprint density at radius 3 is 2.78 bits per heavy atom. The topological polar surface area (TPSA) is 58.2 Å². The first-order valence-electron chi connectivity index (χ1n) is 5.39. The van der Waals surface area contributed by atoms with Crippen LogP contribution in [0.15, 0.2) is 29.2 Å². The zero-order valence-corrected chi connectivity index (χ0v) is 11.8. The molecule has 2 N–H and O–H groups in total. The normalized spacial score (nSPS) is 10.9. The molecule has 98 valence electrons. The summed E-state index contributed by atoms with van der Waals surface area (Å²) in [6.45, 7) is 0.669. The van der Waals surface area contributed by atoms with Crippen molar-refractivity contribution in [3.8, 4) is 12.3 Å². The number of hydrogen-bond donors (Lipinski definition) is 2.